The number of nitrogens with zero attached hydrogens (tertiary/aromatic N) is 3. The molecule has 0 aromatic carbocycles. The number of rotatable bonds is 3. The van der Waals surface area contributed by atoms with E-state index in [9.17, 15) is 4.79 Å². The molecule has 1 amide bonds. The summed E-state index contributed by atoms with van der Waals surface area (Å²) >= 11 is 6.01. The molecule has 0 radical (unpaired) electrons. The van der Waals surface area contributed by atoms with Gasteiger partial charge in [0, 0.05) is 43.9 Å². The lowest BCUT2D eigenvalue weighted by atomic mass is 10.1. The summed E-state index contributed by atoms with van der Waals surface area (Å²) in [6.07, 6.45) is 3.74. The molecule has 3 heterocycles. The van der Waals surface area contributed by atoms with Crippen LogP contribution in [0.2, 0.25) is 5.02 Å². The van der Waals surface area contributed by atoms with Crippen molar-refractivity contribution in [2.45, 2.75) is 25.4 Å². The molecule has 1 aromatic heterocycles. The van der Waals surface area contributed by atoms with E-state index in [1.165, 1.54) is 0 Å². The number of amides is 1. The van der Waals surface area contributed by atoms with Gasteiger partial charge in [-0.2, -0.15) is 0 Å². The lowest BCUT2D eigenvalue weighted by Gasteiger charge is -2.32. The quantitative estimate of drug-likeness (QED) is 0.909. The van der Waals surface area contributed by atoms with Crippen LogP contribution < -0.4 is 5.32 Å². The Bertz CT molecular complexity index is 504. The summed E-state index contributed by atoms with van der Waals surface area (Å²) in [5, 5.41) is 3.98. The third-order valence-electron chi connectivity index (χ3n) is 4.22. The van der Waals surface area contributed by atoms with Gasteiger partial charge in [0.25, 0.3) is 0 Å². The fraction of sp³-hybridized carbons (Fsp3) is 0.600. The number of hydrogen-bond donors (Lipinski definition) is 1. The van der Waals surface area contributed by atoms with E-state index in [2.05, 4.69) is 15.2 Å². The number of piperazine rings is 1. The van der Waals surface area contributed by atoms with Crippen molar-refractivity contribution in [2.75, 3.05) is 32.7 Å². The van der Waals surface area contributed by atoms with Crippen molar-refractivity contribution in [3.63, 3.8) is 0 Å². The van der Waals surface area contributed by atoms with Crippen molar-refractivity contribution in [3.05, 3.63) is 29.0 Å². The zero-order valence-electron chi connectivity index (χ0n) is 12.1. The summed E-state index contributed by atoms with van der Waals surface area (Å²) in [7, 11) is 0. The van der Waals surface area contributed by atoms with E-state index in [1.807, 2.05) is 11.0 Å². The molecule has 3 rings (SSSR count). The molecule has 1 atom stereocenters. The molecule has 2 aliphatic rings. The van der Waals surface area contributed by atoms with E-state index < -0.39 is 0 Å². The molecule has 0 bridgehead atoms. The van der Waals surface area contributed by atoms with Crippen molar-refractivity contribution in [1.29, 1.82) is 0 Å². The minimum absolute atomic E-state index is 0.00359. The molecule has 6 heteroatoms. The van der Waals surface area contributed by atoms with Crippen LogP contribution in [0.4, 0.5) is 0 Å². The summed E-state index contributed by atoms with van der Waals surface area (Å²) in [5.41, 5.74) is 0.933. The van der Waals surface area contributed by atoms with Crippen molar-refractivity contribution < 1.29 is 4.79 Å². The van der Waals surface area contributed by atoms with Crippen LogP contribution in [0.3, 0.4) is 0 Å². The first-order valence-corrected chi connectivity index (χ1v) is 7.96. The number of hydrogen-bond acceptors (Lipinski definition) is 4. The van der Waals surface area contributed by atoms with E-state index in [1.54, 1.807) is 12.3 Å². The van der Waals surface area contributed by atoms with Gasteiger partial charge < -0.3 is 10.2 Å². The molecule has 1 N–H and O–H groups in total. The Kier molecular flexibility index (Phi) is 4.73. The lowest BCUT2D eigenvalue weighted by molar-refractivity contribution is -0.136. The molecular weight excluding hydrogens is 288 g/mol. The maximum absolute atomic E-state index is 12.7. The number of aromatic nitrogens is 1. The van der Waals surface area contributed by atoms with Crippen LogP contribution in [0.25, 0.3) is 0 Å². The second-order valence-electron chi connectivity index (χ2n) is 5.67. The molecule has 5 nitrogen and oxygen atoms in total. The van der Waals surface area contributed by atoms with Gasteiger partial charge in [0.2, 0.25) is 5.91 Å². The number of likely N-dealkylation sites (tertiary alicyclic amines) is 1. The third kappa shape index (κ3) is 3.54. The maximum Gasteiger partial charge on any atom is 0.240 e. The van der Waals surface area contributed by atoms with E-state index in [0.29, 0.717) is 11.6 Å². The van der Waals surface area contributed by atoms with Gasteiger partial charge in [-0.3, -0.25) is 14.7 Å². The molecule has 1 aromatic rings. The standard InChI is InChI=1S/C15H21ClN4O/c16-12-3-4-18-13(10-12)11-20-7-1-2-14(20)15(21)19-8-5-17-6-9-19/h3-4,10,14,17H,1-2,5-9,11H2. The predicted octanol–water partition coefficient (Wildman–Crippen LogP) is 1.13. The van der Waals surface area contributed by atoms with Crippen molar-refractivity contribution in [1.82, 2.24) is 20.1 Å². The number of nitrogens with one attached hydrogen (secondary N) is 1. The van der Waals surface area contributed by atoms with Gasteiger partial charge in [-0.25, -0.2) is 0 Å². The highest BCUT2D eigenvalue weighted by Crippen LogP contribution is 2.22. The fourth-order valence-electron chi connectivity index (χ4n) is 3.13. The van der Waals surface area contributed by atoms with Gasteiger partial charge in [0.1, 0.15) is 0 Å². The first-order chi connectivity index (χ1) is 10.2. The van der Waals surface area contributed by atoms with Gasteiger partial charge in [-0.05, 0) is 31.5 Å². The molecule has 21 heavy (non-hydrogen) atoms. The molecule has 2 saturated heterocycles. The lowest BCUT2D eigenvalue weighted by Crippen LogP contribution is -2.52. The summed E-state index contributed by atoms with van der Waals surface area (Å²) in [6.45, 7) is 5.08. The Balaban J connectivity index is 1.66. The van der Waals surface area contributed by atoms with E-state index in [0.717, 1.165) is 51.3 Å². The van der Waals surface area contributed by atoms with Gasteiger partial charge >= 0.3 is 0 Å². The largest absolute Gasteiger partial charge is 0.339 e. The average molecular weight is 309 g/mol. The topological polar surface area (TPSA) is 48.5 Å². The van der Waals surface area contributed by atoms with Crippen molar-refractivity contribution in [2.24, 2.45) is 0 Å². The van der Waals surface area contributed by atoms with Crippen LogP contribution in [0.5, 0.6) is 0 Å². The summed E-state index contributed by atoms with van der Waals surface area (Å²) < 4.78 is 0. The minimum atomic E-state index is 0.00359. The van der Waals surface area contributed by atoms with E-state index in [-0.39, 0.29) is 11.9 Å². The van der Waals surface area contributed by atoms with Crippen LogP contribution in [0.15, 0.2) is 18.3 Å². The Morgan fingerprint density at radius 3 is 2.95 bits per heavy atom. The first-order valence-electron chi connectivity index (χ1n) is 7.58. The van der Waals surface area contributed by atoms with Crippen LogP contribution in [-0.2, 0) is 11.3 Å². The first kappa shape index (κ1) is 14.8. The smallest absolute Gasteiger partial charge is 0.240 e. The Hall–Kier alpha value is -1.17. The highest BCUT2D eigenvalue weighted by atomic mass is 35.5. The summed E-state index contributed by atoms with van der Waals surface area (Å²) in [6, 6.07) is 3.66. The van der Waals surface area contributed by atoms with Gasteiger partial charge in [-0.1, -0.05) is 11.6 Å². The SMILES string of the molecule is O=C(C1CCCN1Cc1cc(Cl)ccn1)N1CCNCC1. The highest BCUT2D eigenvalue weighted by molar-refractivity contribution is 6.30. The predicted molar refractivity (Wildman–Crippen MR) is 82.1 cm³/mol. The molecule has 114 valence electrons. The molecule has 0 spiro atoms. The normalized spacial score (nSPS) is 23.5. The zero-order valence-corrected chi connectivity index (χ0v) is 12.9. The average Bonchev–Trinajstić information content (AvgIpc) is 2.95. The monoisotopic (exact) mass is 308 g/mol. The molecular formula is C15H21ClN4O. The maximum atomic E-state index is 12.7. The van der Waals surface area contributed by atoms with Crippen LogP contribution in [0, 0.1) is 0 Å². The van der Waals surface area contributed by atoms with E-state index >= 15 is 0 Å². The Labute approximate surface area is 130 Å². The molecule has 0 saturated carbocycles. The number of halogens is 1. The van der Waals surface area contributed by atoms with E-state index in [4.69, 9.17) is 11.6 Å². The van der Waals surface area contributed by atoms with Gasteiger partial charge in [0.05, 0.1) is 11.7 Å². The molecule has 2 fully saturated rings. The molecule has 1 unspecified atom stereocenters. The Morgan fingerprint density at radius 2 is 2.19 bits per heavy atom. The van der Waals surface area contributed by atoms with Gasteiger partial charge in [-0.15, -0.1) is 0 Å². The fourth-order valence-corrected chi connectivity index (χ4v) is 3.32. The molecule has 0 aliphatic carbocycles. The summed E-state index contributed by atoms with van der Waals surface area (Å²) in [4.78, 5) is 21.3. The second kappa shape index (κ2) is 6.73. The minimum Gasteiger partial charge on any atom is -0.339 e. The zero-order chi connectivity index (χ0) is 14.7. The Morgan fingerprint density at radius 1 is 1.38 bits per heavy atom. The van der Waals surface area contributed by atoms with Crippen LogP contribution in [0.1, 0.15) is 18.5 Å². The van der Waals surface area contributed by atoms with Crippen LogP contribution in [-0.4, -0.2) is 59.5 Å². The number of pyridine rings is 1. The highest BCUT2D eigenvalue weighted by Gasteiger charge is 2.34. The summed E-state index contributed by atoms with van der Waals surface area (Å²) in [5.74, 6) is 0.274. The second-order valence-corrected chi connectivity index (χ2v) is 6.11. The van der Waals surface area contributed by atoms with Gasteiger partial charge in [0.15, 0.2) is 0 Å². The number of carbonyl (C=O) groups excluding carboxylic acids is 1. The third-order valence-corrected chi connectivity index (χ3v) is 4.46. The van der Waals surface area contributed by atoms with Crippen molar-refractivity contribution in [3.8, 4) is 0 Å². The molecule has 2 aliphatic heterocycles. The number of carbonyl (C=O) groups is 1. The van der Waals surface area contributed by atoms with Crippen LogP contribution >= 0.6 is 11.6 Å². The van der Waals surface area contributed by atoms with Crippen molar-refractivity contribution >= 4 is 17.5 Å².